The Labute approximate surface area is 198 Å². The van der Waals surface area contributed by atoms with Crippen molar-refractivity contribution in [3.63, 3.8) is 0 Å². The monoisotopic (exact) mass is 481 g/mol. The lowest BCUT2D eigenvalue weighted by molar-refractivity contribution is -0.113. The summed E-state index contributed by atoms with van der Waals surface area (Å²) in [6, 6.07) is 20.2. The fourth-order valence-electron chi connectivity index (χ4n) is 3.48. The van der Waals surface area contributed by atoms with Crippen LogP contribution in [-0.4, -0.2) is 27.8 Å². The highest BCUT2D eigenvalue weighted by Crippen LogP contribution is 2.24. The van der Waals surface area contributed by atoms with E-state index in [4.69, 9.17) is 0 Å². The number of aryl methyl sites for hydroxylation is 1. The molecule has 0 atom stereocenters. The number of carbonyl (C=O) groups is 1. The molecule has 0 aliphatic heterocycles. The van der Waals surface area contributed by atoms with Gasteiger partial charge in [0.15, 0.2) is 5.16 Å². The van der Waals surface area contributed by atoms with Gasteiger partial charge in [0.05, 0.1) is 22.3 Å². The van der Waals surface area contributed by atoms with Crippen LogP contribution in [0.2, 0.25) is 0 Å². The van der Waals surface area contributed by atoms with Crippen LogP contribution >= 0.6 is 11.8 Å². The van der Waals surface area contributed by atoms with Crippen LogP contribution in [0.25, 0.3) is 16.6 Å². The quantitative estimate of drug-likeness (QED) is 0.274. The number of amides is 1. The van der Waals surface area contributed by atoms with Gasteiger partial charge in [0.1, 0.15) is 5.75 Å². The van der Waals surface area contributed by atoms with Crippen molar-refractivity contribution in [2.75, 3.05) is 11.1 Å². The molecule has 0 bridgehead atoms. The molecule has 4 rings (SSSR count). The normalized spacial score (nSPS) is 11.1. The summed E-state index contributed by atoms with van der Waals surface area (Å²) in [5, 5.41) is 3.62. The number of alkyl halides is 2. The minimum atomic E-state index is -2.95. The second-order valence-electron chi connectivity index (χ2n) is 7.27. The SMILES string of the molecule is CCc1ccccc1NC(=O)CSc1nc2ccccc2c(=O)n1-c1ccc(OC(F)F)cc1. The van der Waals surface area contributed by atoms with Gasteiger partial charge in [-0.2, -0.15) is 8.78 Å². The molecule has 34 heavy (non-hydrogen) atoms. The zero-order chi connectivity index (χ0) is 24.1. The number of nitrogens with zero attached hydrogens (tertiary/aromatic N) is 2. The lowest BCUT2D eigenvalue weighted by Crippen LogP contribution is -2.23. The molecule has 4 aromatic rings. The Morgan fingerprint density at radius 1 is 1.06 bits per heavy atom. The minimum absolute atomic E-state index is 0.0232. The van der Waals surface area contributed by atoms with Crippen LogP contribution in [0.4, 0.5) is 14.5 Å². The predicted octanol–water partition coefficient (Wildman–Crippen LogP) is 5.28. The van der Waals surface area contributed by atoms with Gasteiger partial charge in [-0.1, -0.05) is 49.0 Å². The molecule has 0 aliphatic rings. The number of hydrogen-bond acceptors (Lipinski definition) is 5. The van der Waals surface area contributed by atoms with E-state index in [2.05, 4.69) is 15.0 Å². The van der Waals surface area contributed by atoms with Gasteiger partial charge in [-0.25, -0.2) is 4.98 Å². The smallest absolute Gasteiger partial charge is 0.387 e. The molecule has 1 amide bonds. The van der Waals surface area contributed by atoms with Crippen LogP contribution in [0, 0.1) is 0 Å². The van der Waals surface area contributed by atoms with Crippen LogP contribution < -0.4 is 15.6 Å². The van der Waals surface area contributed by atoms with Gasteiger partial charge in [-0.15, -0.1) is 0 Å². The maximum Gasteiger partial charge on any atom is 0.387 e. The molecule has 9 heteroatoms. The topological polar surface area (TPSA) is 73.2 Å². The Morgan fingerprint density at radius 3 is 2.50 bits per heavy atom. The Hall–Kier alpha value is -3.72. The third-order valence-corrected chi connectivity index (χ3v) is 6.01. The van der Waals surface area contributed by atoms with Gasteiger partial charge in [0, 0.05) is 5.69 Å². The second-order valence-corrected chi connectivity index (χ2v) is 8.21. The van der Waals surface area contributed by atoms with E-state index in [1.807, 2.05) is 31.2 Å². The van der Waals surface area contributed by atoms with Crippen molar-refractivity contribution < 1.29 is 18.3 Å². The summed E-state index contributed by atoms with van der Waals surface area (Å²) in [6.45, 7) is -0.937. The van der Waals surface area contributed by atoms with Gasteiger partial charge in [0.2, 0.25) is 5.91 Å². The van der Waals surface area contributed by atoms with Gasteiger partial charge < -0.3 is 10.1 Å². The van der Waals surface area contributed by atoms with Crippen LogP contribution in [0.15, 0.2) is 82.7 Å². The first-order valence-corrected chi connectivity index (χ1v) is 11.5. The first-order chi connectivity index (χ1) is 16.5. The number of rotatable bonds is 8. The molecule has 0 radical (unpaired) electrons. The Bertz CT molecular complexity index is 1370. The number of anilines is 1. The van der Waals surface area contributed by atoms with Crippen LogP contribution in [0.1, 0.15) is 12.5 Å². The van der Waals surface area contributed by atoms with Crippen molar-refractivity contribution in [2.24, 2.45) is 0 Å². The number of ether oxygens (including phenoxy) is 1. The third-order valence-electron chi connectivity index (χ3n) is 5.07. The van der Waals surface area contributed by atoms with E-state index in [0.29, 0.717) is 21.7 Å². The van der Waals surface area contributed by atoms with Crippen LogP contribution in [-0.2, 0) is 11.2 Å². The molecule has 1 N–H and O–H groups in total. The number of aromatic nitrogens is 2. The highest BCUT2D eigenvalue weighted by molar-refractivity contribution is 7.99. The molecule has 0 spiro atoms. The molecule has 3 aromatic carbocycles. The molecule has 0 fully saturated rings. The molecule has 0 unspecified atom stereocenters. The van der Waals surface area contributed by atoms with Gasteiger partial charge in [0.25, 0.3) is 5.56 Å². The standard InChI is InChI=1S/C25H21F2N3O3S/c1-2-16-7-3-5-9-20(16)28-22(31)15-34-25-29-21-10-6-4-8-19(21)23(32)30(25)17-11-13-18(14-12-17)33-24(26)27/h3-14,24H,2,15H2,1H3,(H,28,31). The Balaban J connectivity index is 1.65. The Morgan fingerprint density at radius 2 is 1.76 bits per heavy atom. The first kappa shape index (κ1) is 23.4. The molecule has 0 saturated heterocycles. The summed E-state index contributed by atoms with van der Waals surface area (Å²) in [6.07, 6.45) is 0.778. The second kappa shape index (κ2) is 10.5. The average molecular weight is 482 g/mol. The fraction of sp³-hybridized carbons (Fsp3) is 0.160. The van der Waals surface area contributed by atoms with E-state index in [0.717, 1.165) is 29.4 Å². The largest absolute Gasteiger partial charge is 0.435 e. The Kier molecular flexibility index (Phi) is 7.22. The lowest BCUT2D eigenvalue weighted by Gasteiger charge is -2.14. The average Bonchev–Trinajstić information content (AvgIpc) is 2.83. The molecule has 1 heterocycles. The number of carbonyl (C=O) groups excluding carboxylic acids is 1. The van der Waals surface area contributed by atoms with Crippen molar-refractivity contribution in [3.05, 3.63) is 88.7 Å². The predicted molar refractivity (Wildman–Crippen MR) is 129 cm³/mol. The zero-order valence-corrected chi connectivity index (χ0v) is 19.0. The van der Waals surface area contributed by atoms with E-state index in [-0.39, 0.29) is 23.0 Å². The van der Waals surface area contributed by atoms with Crippen LogP contribution in [0.3, 0.4) is 0 Å². The zero-order valence-electron chi connectivity index (χ0n) is 18.2. The van der Waals surface area contributed by atoms with E-state index >= 15 is 0 Å². The van der Waals surface area contributed by atoms with Gasteiger partial charge >= 0.3 is 6.61 Å². The summed E-state index contributed by atoms with van der Waals surface area (Å²) >= 11 is 1.12. The summed E-state index contributed by atoms with van der Waals surface area (Å²) in [5.74, 6) is -0.237. The summed E-state index contributed by atoms with van der Waals surface area (Å²) in [7, 11) is 0. The molecule has 0 saturated carbocycles. The van der Waals surface area contributed by atoms with Crippen molar-refractivity contribution in [3.8, 4) is 11.4 Å². The highest BCUT2D eigenvalue weighted by Gasteiger charge is 2.16. The van der Waals surface area contributed by atoms with E-state index in [1.165, 1.54) is 28.8 Å². The van der Waals surface area contributed by atoms with Gasteiger partial charge in [-0.3, -0.25) is 14.2 Å². The molecule has 0 aliphatic carbocycles. The van der Waals surface area contributed by atoms with Crippen molar-refractivity contribution >= 4 is 34.3 Å². The summed E-state index contributed by atoms with van der Waals surface area (Å²) in [5.41, 5.74) is 2.36. The molecular weight excluding hydrogens is 460 g/mol. The van der Waals surface area contributed by atoms with Crippen molar-refractivity contribution in [2.45, 2.75) is 25.1 Å². The number of halogens is 2. The molecule has 1 aromatic heterocycles. The van der Waals surface area contributed by atoms with Gasteiger partial charge in [-0.05, 0) is 54.4 Å². The minimum Gasteiger partial charge on any atom is -0.435 e. The van der Waals surface area contributed by atoms with Crippen molar-refractivity contribution in [1.29, 1.82) is 0 Å². The van der Waals surface area contributed by atoms with E-state index < -0.39 is 6.61 Å². The first-order valence-electron chi connectivity index (χ1n) is 10.5. The van der Waals surface area contributed by atoms with Crippen LogP contribution in [0.5, 0.6) is 5.75 Å². The molecule has 174 valence electrons. The number of benzene rings is 3. The third kappa shape index (κ3) is 5.26. The number of hydrogen-bond donors (Lipinski definition) is 1. The summed E-state index contributed by atoms with van der Waals surface area (Å²) < 4.78 is 30.8. The van der Waals surface area contributed by atoms with Crippen molar-refractivity contribution in [1.82, 2.24) is 9.55 Å². The maximum absolute atomic E-state index is 13.3. The maximum atomic E-state index is 13.3. The molecule has 6 nitrogen and oxygen atoms in total. The highest BCUT2D eigenvalue weighted by atomic mass is 32.2. The van der Waals surface area contributed by atoms with E-state index in [1.54, 1.807) is 24.3 Å². The molecular formula is C25H21F2N3O3S. The number of fused-ring (bicyclic) bond motifs is 1. The van der Waals surface area contributed by atoms with E-state index in [9.17, 15) is 18.4 Å². The number of thioether (sulfide) groups is 1. The number of nitrogens with one attached hydrogen (secondary N) is 1. The fourth-order valence-corrected chi connectivity index (χ4v) is 4.29. The summed E-state index contributed by atoms with van der Waals surface area (Å²) in [4.78, 5) is 30.5. The number of para-hydroxylation sites is 2. The lowest BCUT2D eigenvalue weighted by atomic mass is 10.1.